The number of pyridine rings is 1. The Hall–Kier alpha value is -2.57. The van der Waals surface area contributed by atoms with E-state index in [4.69, 9.17) is 0 Å². The molecule has 0 saturated carbocycles. The fraction of sp³-hybridized carbons (Fsp3) is 0.550. The molecule has 0 unspecified atom stereocenters. The topological polar surface area (TPSA) is 70.4 Å². The van der Waals surface area contributed by atoms with Crippen molar-refractivity contribution in [1.82, 2.24) is 25.4 Å². The van der Waals surface area contributed by atoms with E-state index in [0.717, 1.165) is 49.9 Å². The van der Waals surface area contributed by atoms with Gasteiger partial charge >= 0.3 is 0 Å². The molecule has 1 fully saturated rings. The quantitative estimate of drug-likeness (QED) is 0.446. The zero-order valence-electron chi connectivity index (χ0n) is 16.3. The third-order valence-corrected chi connectivity index (χ3v) is 4.84. The number of guanidine groups is 1. The lowest BCUT2D eigenvalue weighted by atomic mass is 10.2. The van der Waals surface area contributed by atoms with Crippen LogP contribution in [0.3, 0.4) is 0 Å². The first-order valence-electron chi connectivity index (χ1n) is 9.97. The van der Waals surface area contributed by atoms with Gasteiger partial charge in [0.15, 0.2) is 5.96 Å². The molecule has 1 aliphatic rings. The monoisotopic (exact) mass is 369 g/mol. The van der Waals surface area contributed by atoms with Crippen molar-refractivity contribution < 1.29 is 0 Å². The molecule has 2 aromatic heterocycles. The summed E-state index contributed by atoms with van der Waals surface area (Å²) in [5.74, 6) is 1.91. The Labute approximate surface area is 161 Å². The van der Waals surface area contributed by atoms with Crippen molar-refractivity contribution in [2.24, 2.45) is 4.99 Å². The number of aromatic nitrogens is 3. The number of aryl methyl sites for hydroxylation is 1. The van der Waals surface area contributed by atoms with Gasteiger partial charge in [-0.3, -0.25) is 9.67 Å². The van der Waals surface area contributed by atoms with Gasteiger partial charge in [-0.25, -0.2) is 4.98 Å². The molecule has 7 nitrogen and oxygen atoms in total. The Balaban J connectivity index is 1.39. The fourth-order valence-electron chi connectivity index (χ4n) is 3.30. The molecule has 0 aliphatic carbocycles. The minimum absolute atomic E-state index is 0.714. The minimum atomic E-state index is 0.714. The Bertz CT molecular complexity index is 671. The first kappa shape index (κ1) is 19.2. The number of hydrogen-bond acceptors (Lipinski definition) is 4. The first-order chi connectivity index (χ1) is 13.3. The summed E-state index contributed by atoms with van der Waals surface area (Å²) in [5, 5.41) is 10.9. The Morgan fingerprint density at radius 3 is 2.67 bits per heavy atom. The smallest absolute Gasteiger partial charge is 0.191 e. The van der Waals surface area contributed by atoms with E-state index in [1.165, 1.54) is 25.7 Å². The second-order valence-corrected chi connectivity index (χ2v) is 6.90. The van der Waals surface area contributed by atoms with Crippen LogP contribution >= 0.6 is 0 Å². The molecule has 27 heavy (non-hydrogen) atoms. The van der Waals surface area contributed by atoms with Crippen molar-refractivity contribution in [2.45, 2.75) is 45.2 Å². The number of rotatable bonds is 7. The molecule has 146 valence electrons. The molecular weight excluding hydrogens is 338 g/mol. The van der Waals surface area contributed by atoms with Crippen molar-refractivity contribution >= 4 is 11.8 Å². The third-order valence-electron chi connectivity index (χ3n) is 4.84. The Morgan fingerprint density at radius 2 is 2.00 bits per heavy atom. The lowest BCUT2D eigenvalue weighted by Crippen LogP contribution is -2.37. The van der Waals surface area contributed by atoms with Gasteiger partial charge in [-0.1, -0.05) is 18.9 Å². The lowest BCUT2D eigenvalue weighted by molar-refractivity contribution is 0.570. The average molecular weight is 370 g/mol. The van der Waals surface area contributed by atoms with E-state index < -0.39 is 0 Å². The highest BCUT2D eigenvalue weighted by atomic mass is 15.3. The van der Waals surface area contributed by atoms with Crippen molar-refractivity contribution in [3.63, 3.8) is 0 Å². The molecule has 2 N–H and O–H groups in total. The first-order valence-corrected chi connectivity index (χ1v) is 9.97. The maximum Gasteiger partial charge on any atom is 0.191 e. The van der Waals surface area contributed by atoms with Gasteiger partial charge in [0, 0.05) is 58.4 Å². The largest absolute Gasteiger partial charge is 0.357 e. The van der Waals surface area contributed by atoms with E-state index in [1.807, 2.05) is 23.1 Å². The highest BCUT2D eigenvalue weighted by Crippen LogP contribution is 2.17. The van der Waals surface area contributed by atoms with Crippen LogP contribution < -0.4 is 15.5 Å². The molecule has 3 heterocycles. The highest BCUT2D eigenvalue weighted by Gasteiger charge is 2.10. The summed E-state index contributed by atoms with van der Waals surface area (Å²) in [6.07, 6.45) is 12.0. The van der Waals surface area contributed by atoms with Gasteiger partial charge in [0.25, 0.3) is 0 Å². The van der Waals surface area contributed by atoms with Gasteiger partial charge in [-0.05, 0) is 37.0 Å². The third kappa shape index (κ3) is 6.27. The second kappa shape index (κ2) is 10.5. The summed E-state index contributed by atoms with van der Waals surface area (Å²) in [7, 11) is 1.80. The van der Waals surface area contributed by atoms with Crippen LogP contribution in [0, 0.1) is 0 Å². The van der Waals surface area contributed by atoms with Crippen LogP contribution in [0.5, 0.6) is 0 Å². The number of hydrogen-bond donors (Lipinski definition) is 2. The van der Waals surface area contributed by atoms with Crippen LogP contribution in [-0.4, -0.2) is 47.4 Å². The normalized spacial score (nSPS) is 15.4. The van der Waals surface area contributed by atoms with Crippen LogP contribution in [0.15, 0.2) is 41.8 Å². The summed E-state index contributed by atoms with van der Waals surface area (Å²) >= 11 is 0. The van der Waals surface area contributed by atoms with Gasteiger partial charge in [-0.15, -0.1) is 0 Å². The minimum Gasteiger partial charge on any atom is -0.357 e. The van der Waals surface area contributed by atoms with Crippen LogP contribution in [0.4, 0.5) is 5.82 Å². The molecule has 0 bridgehead atoms. The van der Waals surface area contributed by atoms with Crippen molar-refractivity contribution in [3.8, 4) is 0 Å². The molecule has 7 heteroatoms. The number of anilines is 1. The van der Waals surface area contributed by atoms with Crippen LogP contribution in [0.25, 0.3) is 0 Å². The van der Waals surface area contributed by atoms with Crippen molar-refractivity contribution in [1.29, 1.82) is 0 Å². The predicted molar refractivity (Wildman–Crippen MR) is 110 cm³/mol. The van der Waals surface area contributed by atoms with Gasteiger partial charge in [0.05, 0.1) is 0 Å². The zero-order chi connectivity index (χ0) is 18.7. The molecule has 0 aromatic carbocycles. The van der Waals surface area contributed by atoms with Crippen LogP contribution in [0.1, 0.15) is 37.7 Å². The molecule has 2 aromatic rings. The summed E-state index contributed by atoms with van der Waals surface area (Å²) in [5.41, 5.74) is 1.16. The van der Waals surface area contributed by atoms with E-state index >= 15 is 0 Å². The van der Waals surface area contributed by atoms with E-state index in [1.54, 1.807) is 13.2 Å². The lowest BCUT2D eigenvalue weighted by Gasteiger charge is -2.21. The van der Waals surface area contributed by atoms with E-state index in [9.17, 15) is 0 Å². The predicted octanol–water partition coefficient (Wildman–Crippen LogP) is 2.41. The molecular formula is C20H31N7. The van der Waals surface area contributed by atoms with Gasteiger partial charge < -0.3 is 15.5 Å². The fourth-order valence-corrected chi connectivity index (χ4v) is 3.30. The maximum atomic E-state index is 4.67. The molecule has 1 saturated heterocycles. The van der Waals surface area contributed by atoms with Gasteiger partial charge in [0.2, 0.25) is 0 Å². The van der Waals surface area contributed by atoms with Gasteiger partial charge in [0.1, 0.15) is 5.82 Å². The molecule has 1 aliphatic heterocycles. The van der Waals surface area contributed by atoms with Crippen molar-refractivity contribution in [3.05, 3.63) is 42.4 Å². The van der Waals surface area contributed by atoms with E-state index in [2.05, 4.69) is 42.7 Å². The number of aliphatic imine (C=N–C) groups is 1. The van der Waals surface area contributed by atoms with Gasteiger partial charge in [-0.2, -0.15) is 5.10 Å². The Morgan fingerprint density at radius 1 is 1.15 bits per heavy atom. The standard InChI is InChI=1S/C20H31N7/c1-21-20(22-10-6-14-27-15-7-11-25-27)24-17-18-8-9-19(23-16-18)26-12-4-2-3-5-13-26/h7-9,11,15-16H,2-6,10,12-14,17H2,1H3,(H2,21,22,24). The molecule has 0 radical (unpaired) electrons. The summed E-state index contributed by atoms with van der Waals surface area (Å²) in [6.45, 7) is 4.72. The summed E-state index contributed by atoms with van der Waals surface area (Å²) in [6, 6.07) is 6.24. The maximum absolute atomic E-state index is 4.67. The SMILES string of the molecule is CN=C(NCCCn1cccn1)NCc1ccc(N2CCCCCC2)nc1. The second-order valence-electron chi connectivity index (χ2n) is 6.90. The highest BCUT2D eigenvalue weighted by molar-refractivity contribution is 5.79. The zero-order valence-corrected chi connectivity index (χ0v) is 16.3. The molecule has 0 spiro atoms. The molecule has 3 rings (SSSR count). The van der Waals surface area contributed by atoms with Crippen LogP contribution in [-0.2, 0) is 13.1 Å². The Kier molecular flexibility index (Phi) is 7.50. The molecule has 0 amide bonds. The molecule has 0 atom stereocenters. The average Bonchev–Trinajstić information content (AvgIpc) is 3.08. The number of nitrogens with zero attached hydrogens (tertiary/aromatic N) is 5. The summed E-state index contributed by atoms with van der Waals surface area (Å²) < 4.78 is 1.94. The van der Waals surface area contributed by atoms with Crippen molar-refractivity contribution in [2.75, 3.05) is 31.6 Å². The number of nitrogens with one attached hydrogen (secondary N) is 2. The van der Waals surface area contributed by atoms with E-state index in [-0.39, 0.29) is 0 Å². The van der Waals surface area contributed by atoms with Crippen LogP contribution in [0.2, 0.25) is 0 Å². The summed E-state index contributed by atoms with van der Waals surface area (Å²) in [4.78, 5) is 11.4. The van der Waals surface area contributed by atoms with E-state index in [0.29, 0.717) is 6.54 Å².